The van der Waals surface area contributed by atoms with E-state index in [1.165, 1.54) is 22.3 Å². The third-order valence-corrected chi connectivity index (χ3v) is 6.22. The minimum absolute atomic E-state index is 0.00632. The highest BCUT2D eigenvalue weighted by atomic mass is 35.5. The van der Waals surface area contributed by atoms with Gasteiger partial charge in [0, 0.05) is 31.7 Å². The van der Waals surface area contributed by atoms with Gasteiger partial charge in [-0.05, 0) is 82.1 Å². The van der Waals surface area contributed by atoms with Gasteiger partial charge in [-0.1, -0.05) is 90.7 Å². The number of carbonyl (C=O) groups excluding carboxylic acids is 1. The highest BCUT2D eigenvalue weighted by Gasteiger charge is 2.25. The molecule has 3 rings (SSSR count). The summed E-state index contributed by atoms with van der Waals surface area (Å²) in [7, 11) is 3.25. The van der Waals surface area contributed by atoms with Gasteiger partial charge in [0.25, 0.3) is 0 Å². The van der Waals surface area contributed by atoms with Crippen LogP contribution >= 0.6 is 24.4 Å². The molecule has 0 radical (unpaired) electrons. The Bertz CT molecular complexity index is 981. The molecule has 0 saturated carbocycles. The molecule has 4 nitrogen and oxygen atoms in total. The van der Waals surface area contributed by atoms with Crippen molar-refractivity contribution >= 4 is 30.3 Å². The summed E-state index contributed by atoms with van der Waals surface area (Å²) in [5.41, 5.74) is 5.16. The van der Waals surface area contributed by atoms with Gasteiger partial charge in [0.2, 0.25) is 5.91 Å². The van der Waals surface area contributed by atoms with Crippen molar-refractivity contribution in [3.8, 4) is 12.8 Å². The van der Waals surface area contributed by atoms with Crippen molar-refractivity contribution in [3.63, 3.8) is 0 Å². The van der Waals surface area contributed by atoms with Crippen LogP contribution in [0.15, 0.2) is 77.4 Å². The molecule has 2 aromatic rings. The van der Waals surface area contributed by atoms with Crippen LogP contribution in [-0.2, 0) is 22.4 Å². The lowest BCUT2D eigenvalue weighted by atomic mass is 9.86. The lowest BCUT2D eigenvalue weighted by Crippen LogP contribution is -2.36. The van der Waals surface area contributed by atoms with E-state index < -0.39 is 0 Å². The minimum atomic E-state index is -0.00632. The van der Waals surface area contributed by atoms with Gasteiger partial charge in [0.15, 0.2) is 0 Å². The Hall–Kier alpha value is -2.49. The first-order valence-electron chi connectivity index (χ1n) is 13.3. The zero-order valence-electron chi connectivity index (χ0n) is 24.3. The van der Waals surface area contributed by atoms with Gasteiger partial charge in [-0.3, -0.25) is 9.52 Å². The second kappa shape index (κ2) is 23.4. The van der Waals surface area contributed by atoms with Crippen LogP contribution in [-0.4, -0.2) is 26.7 Å². The van der Waals surface area contributed by atoms with Crippen molar-refractivity contribution in [1.82, 2.24) is 10.0 Å². The molecule has 2 aromatic carbocycles. The number of fused-ring (bicyclic) bond motifs is 1. The number of amides is 1. The highest BCUT2D eigenvalue weighted by Crippen LogP contribution is 2.30. The van der Waals surface area contributed by atoms with E-state index in [9.17, 15) is 4.79 Å². The van der Waals surface area contributed by atoms with Crippen molar-refractivity contribution in [1.29, 1.82) is 0 Å². The first-order valence-corrected chi connectivity index (χ1v) is 14.1. The summed E-state index contributed by atoms with van der Waals surface area (Å²) in [6.07, 6.45) is 17.7. The molecule has 214 valence electrons. The Balaban J connectivity index is 0.000000936. The highest BCUT2D eigenvalue weighted by molar-refractivity contribution is 7.78. The normalized spacial score (nSPS) is 14.4. The number of ether oxygens (including phenoxy) is 1. The van der Waals surface area contributed by atoms with Crippen molar-refractivity contribution < 1.29 is 9.53 Å². The van der Waals surface area contributed by atoms with Crippen LogP contribution in [0, 0.1) is 18.8 Å². The zero-order valence-corrected chi connectivity index (χ0v) is 25.9. The Kier molecular flexibility index (Phi) is 21.9. The molecule has 0 spiro atoms. The Morgan fingerprint density at radius 2 is 1.69 bits per heavy atom. The van der Waals surface area contributed by atoms with Crippen molar-refractivity contribution in [2.75, 3.05) is 20.8 Å². The molecule has 2 unspecified atom stereocenters. The average Bonchev–Trinajstić information content (AvgIpc) is 2.94. The molecule has 6 heteroatoms. The largest absolute Gasteiger partial charge is 0.388 e. The summed E-state index contributed by atoms with van der Waals surface area (Å²) in [6, 6.07) is 19.0. The summed E-state index contributed by atoms with van der Waals surface area (Å²) in [6.45, 7) is 6.75. The number of terminal acetylenes is 1. The van der Waals surface area contributed by atoms with Crippen molar-refractivity contribution in [2.45, 2.75) is 65.3 Å². The fourth-order valence-electron chi connectivity index (χ4n) is 4.13. The summed E-state index contributed by atoms with van der Waals surface area (Å²) in [5.74, 6) is 0.169. The molecular formula is C33H47ClN2O2S. The van der Waals surface area contributed by atoms with E-state index in [4.69, 9.17) is 11.6 Å². The Morgan fingerprint density at radius 1 is 1.08 bits per heavy atom. The van der Waals surface area contributed by atoms with E-state index in [1.54, 1.807) is 14.2 Å². The molecule has 0 saturated heterocycles. The van der Waals surface area contributed by atoms with Gasteiger partial charge in [-0.25, -0.2) is 0 Å². The number of rotatable bonds is 9. The summed E-state index contributed by atoms with van der Waals surface area (Å²) >= 11 is 9.60. The lowest BCUT2D eigenvalue weighted by molar-refractivity contribution is -0.126. The first kappa shape index (κ1) is 36.5. The van der Waals surface area contributed by atoms with Gasteiger partial charge in [-0.15, -0.1) is 12.8 Å². The van der Waals surface area contributed by atoms with Crippen LogP contribution in [0.4, 0.5) is 0 Å². The van der Waals surface area contributed by atoms with Crippen LogP contribution in [0.2, 0.25) is 0 Å². The second-order valence-electron chi connectivity index (χ2n) is 9.49. The molecule has 2 N–H and O–H groups in total. The SMILES string of the molecule is C#C.CC(C)=C/C=C(\C)Cl.COC.O=C(NC1CCCc2ccccc21)C(CCCNS)Cc1ccccc1. The third kappa shape index (κ3) is 16.9. The molecule has 2 atom stereocenters. The van der Waals surface area contributed by atoms with E-state index in [0.29, 0.717) is 0 Å². The second-order valence-corrected chi connectivity index (χ2v) is 10.4. The van der Waals surface area contributed by atoms with E-state index >= 15 is 0 Å². The maximum atomic E-state index is 13.1. The van der Waals surface area contributed by atoms with Crippen LogP contribution < -0.4 is 10.0 Å². The smallest absolute Gasteiger partial charge is 0.223 e. The van der Waals surface area contributed by atoms with Crippen molar-refractivity contribution in [3.05, 3.63) is 94.0 Å². The van der Waals surface area contributed by atoms with Gasteiger partial charge < -0.3 is 10.1 Å². The molecule has 1 amide bonds. The van der Waals surface area contributed by atoms with E-state index in [-0.39, 0.29) is 17.9 Å². The number of thiol groups is 1. The quantitative estimate of drug-likeness (QED) is 0.124. The number of methoxy groups -OCH3 is 1. The summed E-state index contributed by atoms with van der Waals surface area (Å²) < 4.78 is 7.13. The minimum Gasteiger partial charge on any atom is -0.388 e. The fraction of sp³-hybridized carbons (Fsp3) is 0.424. The number of benzene rings is 2. The molecule has 0 heterocycles. The molecule has 39 heavy (non-hydrogen) atoms. The Morgan fingerprint density at radius 3 is 2.26 bits per heavy atom. The predicted molar refractivity (Wildman–Crippen MR) is 172 cm³/mol. The summed E-state index contributed by atoms with van der Waals surface area (Å²) in [5, 5.41) is 4.17. The van der Waals surface area contributed by atoms with Crippen LogP contribution in [0.25, 0.3) is 0 Å². The third-order valence-electron chi connectivity index (χ3n) is 5.87. The number of hydrogen-bond donors (Lipinski definition) is 3. The van der Waals surface area contributed by atoms with Crippen LogP contribution in [0.5, 0.6) is 0 Å². The zero-order chi connectivity index (χ0) is 29.5. The average molecular weight is 571 g/mol. The van der Waals surface area contributed by atoms with Gasteiger partial charge in [0.05, 0.1) is 6.04 Å². The van der Waals surface area contributed by atoms with E-state index in [0.717, 1.165) is 50.1 Å². The number of hydrogen-bond acceptors (Lipinski definition) is 4. The summed E-state index contributed by atoms with van der Waals surface area (Å²) in [4.78, 5) is 13.1. The topological polar surface area (TPSA) is 50.4 Å². The van der Waals surface area contributed by atoms with E-state index in [2.05, 4.69) is 76.8 Å². The van der Waals surface area contributed by atoms with Crippen LogP contribution in [0.3, 0.4) is 0 Å². The first-order chi connectivity index (χ1) is 18.8. The fourth-order valence-corrected chi connectivity index (χ4v) is 4.35. The molecule has 0 aromatic heterocycles. The number of halogens is 1. The molecule has 1 aliphatic rings. The number of nitrogens with one attached hydrogen (secondary N) is 2. The number of carbonyl (C=O) groups is 1. The molecule has 1 aliphatic carbocycles. The monoisotopic (exact) mass is 570 g/mol. The van der Waals surface area contributed by atoms with Gasteiger partial charge in [-0.2, -0.15) is 0 Å². The number of allylic oxidation sites excluding steroid dienone is 4. The Labute approximate surface area is 248 Å². The van der Waals surface area contributed by atoms with Crippen LogP contribution in [0.1, 0.15) is 69.2 Å². The standard InChI is InChI=1S/C22H28N2OS.C7H11Cl.C2H6O.C2H2/c25-22(24-21-14-6-11-18-10-4-5-13-20(18)21)19(12-7-15-23-26)16-17-8-2-1-3-9-17;1-6(2)4-5-7(3)8;1-3-2;1-2/h1-5,8-10,13,19,21,23,26H,6-7,11-12,14-16H2,(H,24,25);4-5H,1-3H3;1-2H3;1-2H/b;7-5+;;. The predicted octanol–water partition coefficient (Wildman–Crippen LogP) is 7.86. The molecule has 0 fully saturated rings. The molecular weight excluding hydrogens is 524 g/mol. The molecule has 0 aliphatic heterocycles. The van der Waals surface area contributed by atoms with Gasteiger partial charge in [0.1, 0.15) is 0 Å². The van der Waals surface area contributed by atoms with E-state index in [1.807, 2.05) is 51.1 Å². The van der Waals surface area contributed by atoms with Crippen molar-refractivity contribution in [2.24, 2.45) is 5.92 Å². The lowest BCUT2D eigenvalue weighted by Gasteiger charge is -2.28. The maximum Gasteiger partial charge on any atom is 0.223 e. The maximum absolute atomic E-state index is 13.1. The molecule has 0 bridgehead atoms. The van der Waals surface area contributed by atoms with Gasteiger partial charge >= 0.3 is 0 Å². The number of aryl methyl sites for hydroxylation is 1.